The molecular weight excluding hydrogens is 300 g/mol. The molecule has 116 valence electrons. The number of aromatic nitrogens is 1. The number of hydrogen-bond donors (Lipinski definition) is 1. The number of carbonyl (C=O) groups excluding carboxylic acids is 1. The van der Waals surface area contributed by atoms with Crippen molar-refractivity contribution in [1.29, 1.82) is 0 Å². The van der Waals surface area contributed by atoms with E-state index in [-0.39, 0.29) is 18.6 Å². The topological polar surface area (TPSA) is 60.5 Å². The van der Waals surface area contributed by atoms with Gasteiger partial charge in [-0.15, -0.1) is 0 Å². The number of carbonyl (C=O) groups is 1. The maximum Gasteiger partial charge on any atom is 0.251 e. The van der Waals surface area contributed by atoms with Crippen LogP contribution in [0, 0.1) is 0 Å². The Morgan fingerprint density at radius 3 is 3.05 bits per heavy atom. The van der Waals surface area contributed by atoms with E-state index in [0.29, 0.717) is 6.61 Å². The summed E-state index contributed by atoms with van der Waals surface area (Å²) in [6.07, 6.45) is 2.22. The number of benzene rings is 1. The third kappa shape index (κ3) is 4.13. The van der Waals surface area contributed by atoms with Crippen molar-refractivity contribution in [2.45, 2.75) is 18.9 Å². The average molecular weight is 318 g/mol. The van der Waals surface area contributed by atoms with Gasteiger partial charge in [-0.2, -0.15) is 4.37 Å². The van der Waals surface area contributed by atoms with E-state index < -0.39 is 0 Å². The Morgan fingerprint density at radius 1 is 1.41 bits per heavy atom. The average Bonchev–Trinajstić information content (AvgIpc) is 3.20. The molecule has 1 aromatic carbocycles. The first-order chi connectivity index (χ1) is 10.8. The zero-order valence-corrected chi connectivity index (χ0v) is 13.0. The van der Waals surface area contributed by atoms with Crippen molar-refractivity contribution < 1.29 is 14.3 Å². The Balaban J connectivity index is 1.46. The standard InChI is InChI=1S/C16H18N2O3S/c19-15(11-20-10-13-7-4-8-21-13)17-16-9-14(18-22-16)12-5-2-1-3-6-12/h1-3,5-6,9,13H,4,7-8,10-11H2,(H,17,19)/t13-/m0/s1. The third-order valence-electron chi connectivity index (χ3n) is 3.40. The quantitative estimate of drug-likeness (QED) is 0.889. The minimum absolute atomic E-state index is 0.0401. The monoisotopic (exact) mass is 318 g/mol. The van der Waals surface area contributed by atoms with E-state index in [4.69, 9.17) is 9.47 Å². The van der Waals surface area contributed by atoms with Gasteiger partial charge in [0.25, 0.3) is 5.91 Å². The van der Waals surface area contributed by atoms with Crippen LogP contribution in [0.4, 0.5) is 5.00 Å². The number of nitrogens with zero attached hydrogens (tertiary/aromatic N) is 1. The molecule has 1 atom stereocenters. The lowest BCUT2D eigenvalue weighted by Gasteiger charge is -2.09. The van der Waals surface area contributed by atoms with Gasteiger partial charge in [0.05, 0.1) is 18.4 Å². The molecule has 1 saturated heterocycles. The van der Waals surface area contributed by atoms with Crippen LogP contribution in [0.15, 0.2) is 36.4 Å². The molecule has 3 rings (SSSR count). The summed E-state index contributed by atoms with van der Waals surface area (Å²) >= 11 is 1.27. The van der Waals surface area contributed by atoms with E-state index in [0.717, 1.165) is 35.7 Å². The largest absolute Gasteiger partial charge is 0.376 e. The Hall–Kier alpha value is -1.76. The molecule has 2 aromatic rings. The SMILES string of the molecule is O=C(COC[C@@H]1CCCO1)Nc1cc(-c2ccccc2)ns1. The highest BCUT2D eigenvalue weighted by molar-refractivity contribution is 7.10. The molecule has 0 radical (unpaired) electrons. The number of amides is 1. The number of anilines is 1. The molecule has 1 fully saturated rings. The molecule has 1 aliphatic heterocycles. The first-order valence-corrected chi connectivity index (χ1v) is 8.10. The molecule has 0 bridgehead atoms. The van der Waals surface area contributed by atoms with E-state index in [1.807, 2.05) is 36.4 Å². The molecule has 1 N–H and O–H groups in total. The van der Waals surface area contributed by atoms with Gasteiger partial charge in [-0.05, 0) is 24.4 Å². The molecule has 0 saturated carbocycles. The van der Waals surface area contributed by atoms with Gasteiger partial charge < -0.3 is 14.8 Å². The van der Waals surface area contributed by atoms with Crippen LogP contribution >= 0.6 is 11.5 Å². The Morgan fingerprint density at radius 2 is 2.27 bits per heavy atom. The van der Waals surface area contributed by atoms with Crippen LogP contribution in [-0.2, 0) is 14.3 Å². The molecule has 1 aliphatic rings. The van der Waals surface area contributed by atoms with Crippen molar-refractivity contribution in [2.24, 2.45) is 0 Å². The van der Waals surface area contributed by atoms with Gasteiger partial charge in [-0.1, -0.05) is 30.3 Å². The molecular formula is C16H18N2O3S. The van der Waals surface area contributed by atoms with Crippen molar-refractivity contribution in [3.8, 4) is 11.3 Å². The number of hydrogen-bond acceptors (Lipinski definition) is 5. The number of rotatable bonds is 6. The fraction of sp³-hybridized carbons (Fsp3) is 0.375. The van der Waals surface area contributed by atoms with E-state index in [1.54, 1.807) is 0 Å². The molecule has 0 spiro atoms. The van der Waals surface area contributed by atoms with Crippen molar-refractivity contribution in [1.82, 2.24) is 4.37 Å². The summed E-state index contributed by atoms with van der Waals surface area (Å²) in [6, 6.07) is 11.7. The van der Waals surface area contributed by atoms with Crippen molar-refractivity contribution >= 4 is 22.4 Å². The van der Waals surface area contributed by atoms with Crippen LogP contribution in [0.1, 0.15) is 12.8 Å². The lowest BCUT2D eigenvalue weighted by Crippen LogP contribution is -2.22. The summed E-state index contributed by atoms with van der Waals surface area (Å²) in [5.41, 5.74) is 1.90. The predicted molar refractivity (Wildman–Crippen MR) is 86.0 cm³/mol. The maximum atomic E-state index is 11.8. The lowest BCUT2D eigenvalue weighted by atomic mass is 10.2. The summed E-state index contributed by atoms with van der Waals surface area (Å²) in [6.45, 7) is 1.31. The van der Waals surface area contributed by atoms with Gasteiger partial charge >= 0.3 is 0 Å². The Bertz CT molecular complexity index is 609. The summed E-state index contributed by atoms with van der Waals surface area (Å²) in [4.78, 5) is 11.8. The number of nitrogens with one attached hydrogen (secondary N) is 1. The summed E-state index contributed by atoms with van der Waals surface area (Å²) in [7, 11) is 0. The van der Waals surface area contributed by atoms with Crippen molar-refractivity contribution in [3.63, 3.8) is 0 Å². The zero-order valence-electron chi connectivity index (χ0n) is 12.2. The van der Waals surface area contributed by atoms with Crippen LogP contribution in [0.25, 0.3) is 11.3 Å². The van der Waals surface area contributed by atoms with Gasteiger partial charge in [0.2, 0.25) is 0 Å². The first-order valence-electron chi connectivity index (χ1n) is 7.32. The maximum absolute atomic E-state index is 11.8. The molecule has 6 heteroatoms. The minimum Gasteiger partial charge on any atom is -0.376 e. The van der Waals surface area contributed by atoms with E-state index in [9.17, 15) is 4.79 Å². The number of ether oxygens (including phenoxy) is 2. The van der Waals surface area contributed by atoms with Gasteiger partial charge in [0, 0.05) is 18.2 Å². The normalized spacial score (nSPS) is 17.5. The smallest absolute Gasteiger partial charge is 0.251 e. The van der Waals surface area contributed by atoms with E-state index in [2.05, 4.69) is 9.69 Å². The van der Waals surface area contributed by atoms with Gasteiger partial charge in [0.1, 0.15) is 11.6 Å². The highest BCUT2D eigenvalue weighted by Gasteiger charge is 2.16. The summed E-state index contributed by atoms with van der Waals surface area (Å²) < 4.78 is 15.2. The predicted octanol–water partition coefficient (Wildman–Crippen LogP) is 2.94. The van der Waals surface area contributed by atoms with Crippen LogP contribution < -0.4 is 5.32 Å². The van der Waals surface area contributed by atoms with Gasteiger partial charge in [-0.25, -0.2) is 0 Å². The van der Waals surface area contributed by atoms with Crippen LogP contribution in [0.2, 0.25) is 0 Å². The molecule has 0 aliphatic carbocycles. The van der Waals surface area contributed by atoms with E-state index in [1.165, 1.54) is 11.5 Å². The zero-order chi connectivity index (χ0) is 15.2. The van der Waals surface area contributed by atoms with Gasteiger partial charge in [-0.3, -0.25) is 4.79 Å². The molecule has 5 nitrogen and oxygen atoms in total. The third-order valence-corrected chi connectivity index (χ3v) is 4.11. The van der Waals surface area contributed by atoms with Crippen LogP contribution in [-0.4, -0.2) is 36.2 Å². The summed E-state index contributed by atoms with van der Waals surface area (Å²) in [5.74, 6) is -0.166. The first kappa shape index (κ1) is 15.1. The van der Waals surface area contributed by atoms with Crippen LogP contribution in [0.3, 0.4) is 0 Å². The summed E-state index contributed by atoms with van der Waals surface area (Å²) in [5, 5.41) is 3.54. The van der Waals surface area contributed by atoms with E-state index >= 15 is 0 Å². The molecule has 0 unspecified atom stereocenters. The second-order valence-electron chi connectivity index (χ2n) is 5.14. The second-order valence-corrected chi connectivity index (χ2v) is 5.95. The fourth-order valence-corrected chi connectivity index (χ4v) is 2.99. The highest BCUT2D eigenvalue weighted by atomic mass is 32.1. The fourth-order valence-electron chi connectivity index (χ4n) is 2.31. The highest BCUT2D eigenvalue weighted by Crippen LogP contribution is 2.25. The molecule has 1 amide bonds. The molecule has 1 aromatic heterocycles. The Labute approximate surface area is 133 Å². The van der Waals surface area contributed by atoms with Crippen molar-refractivity contribution in [2.75, 3.05) is 25.1 Å². The van der Waals surface area contributed by atoms with Crippen molar-refractivity contribution in [3.05, 3.63) is 36.4 Å². The molecule has 22 heavy (non-hydrogen) atoms. The lowest BCUT2D eigenvalue weighted by molar-refractivity contribution is -0.121. The second kappa shape index (κ2) is 7.49. The Kier molecular flexibility index (Phi) is 5.15. The minimum atomic E-state index is -0.166. The van der Waals surface area contributed by atoms with Gasteiger partial charge in [0.15, 0.2) is 0 Å². The van der Waals surface area contributed by atoms with Crippen LogP contribution in [0.5, 0.6) is 0 Å². The molecule has 2 heterocycles.